The van der Waals surface area contributed by atoms with E-state index in [0.717, 1.165) is 11.3 Å². The molecule has 0 aromatic carbocycles. The lowest BCUT2D eigenvalue weighted by Gasteiger charge is -1.94. The zero-order valence-electron chi connectivity index (χ0n) is 7.06. The van der Waals surface area contributed by atoms with E-state index in [0.29, 0.717) is 5.52 Å². The molecule has 0 fully saturated rings. The lowest BCUT2D eigenvalue weighted by Crippen LogP contribution is -2.09. The molecule has 0 aliphatic heterocycles. The van der Waals surface area contributed by atoms with Crippen molar-refractivity contribution in [2.45, 2.75) is 0 Å². The van der Waals surface area contributed by atoms with Gasteiger partial charge in [-0.2, -0.15) is 0 Å². The molecule has 0 aliphatic rings. The summed E-state index contributed by atoms with van der Waals surface area (Å²) in [5.74, 6) is 0. The monoisotopic (exact) mass is 173 g/mol. The van der Waals surface area contributed by atoms with Crippen LogP contribution in [0.2, 0.25) is 0 Å². The van der Waals surface area contributed by atoms with Crippen LogP contribution in [0.4, 0.5) is 0 Å². The summed E-state index contributed by atoms with van der Waals surface area (Å²) < 4.78 is 3.49. The highest BCUT2D eigenvalue weighted by atomic mass is 16.1. The highest BCUT2D eigenvalue weighted by Gasteiger charge is 2.10. The molecule has 64 valence electrons. The normalized spacial score (nSPS) is 11.8. The smallest absolute Gasteiger partial charge is 0.277 e. The maximum absolute atomic E-state index is 11.6. The number of nitrogens with zero attached hydrogens (tertiary/aromatic N) is 3. The molecule has 0 aliphatic carbocycles. The van der Waals surface area contributed by atoms with E-state index in [1.165, 1.54) is 0 Å². The molecule has 0 saturated carbocycles. The second kappa shape index (κ2) is 1.90. The number of rotatable bonds is 0. The van der Waals surface area contributed by atoms with Crippen LogP contribution in [0.5, 0.6) is 0 Å². The molecule has 4 heteroatoms. The van der Waals surface area contributed by atoms with Gasteiger partial charge in [-0.25, -0.2) is 4.98 Å². The van der Waals surface area contributed by atoms with Gasteiger partial charge in [-0.3, -0.25) is 13.8 Å². The summed E-state index contributed by atoms with van der Waals surface area (Å²) in [5, 5.41) is 0. The largest absolute Gasteiger partial charge is 0.296 e. The van der Waals surface area contributed by atoms with Gasteiger partial charge >= 0.3 is 0 Å². The van der Waals surface area contributed by atoms with Gasteiger partial charge in [0.25, 0.3) is 5.56 Å². The van der Waals surface area contributed by atoms with Crippen LogP contribution >= 0.6 is 0 Å². The highest BCUT2D eigenvalue weighted by molar-refractivity contribution is 5.66. The summed E-state index contributed by atoms with van der Waals surface area (Å²) in [5.41, 5.74) is 2.36. The number of hydrogen-bond acceptors (Lipinski definition) is 2. The van der Waals surface area contributed by atoms with E-state index in [1.807, 2.05) is 22.6 Å². The van der Waals surface area contributed by atoms with Gasteiger partial charge in [0.05, 0.1) is 6.20 Å². The number of aromatic nitrogens is 3. The zero-order valence-corrected chi connectivity index (χ0v) is 7.06. The van der Waals surface area contributed by atoms with E-state index in [4.69, 9.17) is 0 Å². The van der Waals surface area contributed by atoms with Crippen LogP contribution in [-0.2, 0) is 7.05 Å². The van der Waals surface area contributed by atoms with Gasteiger partial charge in [-0.05, 0) is 12.1 Å². The van der Waals surface area contributed by atoms with Gasteiger partial charge in [0.2, 0.25) is 0 Å². The van der Waals surface area contributed by atoms with Gasteiger partial charge in [0.15, 0.2) is 0 Å². The Morgan fingerprint density at radius 2 is 2.23 bits per heavy atom. The van der Waals surface area contributed by atoms with Crippen LogP contribution in [0.15, 0.2) is 29.2 Å². The molecule has 0 spiro atoms. The number of imidazole rings is 2. The molecule has 4 nitrogen and oxygen atoms in total. The Balaban J connectivity index is 2.86. The van der Waals surface area contributed by atoms with Crippen molar-refractivity contribution >= 4 is 16.8 Å². The van der Waals surface area contributed by atoms with Crippen molar-refractivity contribution in [1.82, 2.24) is 14.0 Å². The quantitative estimate of drug-likeness (QED) is 0.500. The minimum absolute atomic E-state index is 0.00806. The average Bonchev–Trinajstić information content (AvgIpc) is 2.67. The van der Waals surface area contributed by atoms with Crippen LogP contribution in [0.1, 0.15) is 0 Å². The van der Waals surface area contributed by atoms with Crippen LogP contribution in [0.3, 0.4) is 0 Å². The fourth-order valence-corrected chi connectivity index (χ4v) is 1.71. The Kier molecular flexibility index (Phi) is 0.974. The van der Waals surface area contributed by atoms with Crippen molar-refractivity contribution in [3.63, 3.8) is 0 Å². The molecule has 0 radical (unpaired) electrons. The Morgan fingerprint density at radius 1 is 1.38 bits per heavy atom. The SMILES string of the molecule is Cn1c(=O)c2cnc3cccc1n32. The standard InChI is InChI=1S/C9H7N3O/c1-11-8-4-2-3-7-10-5-6(9(11)13)12(7)8/h2-5H,1H3. The Hall–Kier alpha value is -1.84. The summed E-state index contributed by atoms with van der Waals surface area (Å²) in [6, 6.07) is 5.69. The van der Waals surface area contributed by atoms with Crippen molar-refractivity contribution in [3.8, 4) is 0 Å². The third-order valence-corrected chi connectivity index (χ3v) is 2.38. The van der Waals surface area contributed by atoms with Crippen LogP contribution < -0.4 is 5.56 Å². The Morgan fingerprint density at radius 3 is 3.08 bits per heavy atom. The predicted octanol–water partition coefficient (Wildman–Crippen LogP) is 0.624. The van der Waals surface area contributed by atoms with E-state index in [9.17, 15) is 4.79 Å². The van der Waals surface area contributed by atoms with Gasteiger partial charge in [-0.15, -0.1) is 0 Å². The fraction of sp³-hybridized carbons (Fsp3) is 0.111. The van der Waals surface area contributed by atoms with Crippen molar-refractivity contribution in [2.75, 3.05) is 0 Å². The van der Waals surface area contributed by atoms with E-state index < -0.39 is 0 Å². The van der Waals surface area contributed by atoms with E-state index in [-0.39, 0.29) is 5.56 Å². The Bertz CT molecular complexity index is 634. The van der Waals surface area contributed by atoms with E-state index >= 15 is 0 Å². The van der Waals surface area contributed by atoms with Crippen LogP contribution in [0, 0.1) is 0 Å². The summed E-state index contributed by atoms with van der Waals surface area (Å²) in [6.45, 7) is 0. The topological polar surface area (TPSA) is 39.3 Å². The fourth-order valence-electron chi connectivity index (χ4n) is 1.71. The number of hydrogen-bond donors (Lipinski definition) is 0. The third-order valence-electron chi connectivity index (χ3n) is 2.38. The van der Waals surface area contributed by atoms with Crippen molar-refractivity contribution < 1.29 is 0 Å². The maximum atomic E-state index is 11.6. The molecule has 3 aromatic heterocycles. The average molecular weight is 173 g/mol. The van der Waals surface area contributed by atoms with Gasteiger partial charge in [-0.1, -0.05) is 6.07 Å². The van der Waals surface area contributed by atoms with Gasteiger partial charge in [0, 0.05) is 7.05 Å². The zero-order chi connectivity index (χ0) is 9.00. The van der Waals surface area contributed by atoms with Crippen molar-refractivity contribution in [3.05, 3.63) is 34.7 Å². The second-order valence-corrected chi connectivity index (χ2v) is 3.09. The van der Waals surface area contributed by atoms with Crippen molar-refractivity contribution in [2.24, 2.45) is 7.05 Å². The molecule has 0 bridgehead atoms. The number of aryl methyl sites for hydroxylation is 1. The molecule has 0 atom stereocenters. The minimum Gasteiger partial charge on any atom is -0.296 e. The maximum Gasteiger partial charge on any atom is 0.277 e. The molecule has 3 aromatic rings. The van der Waals surface area contributed by atoms with E-state index in [1.54, 1.807) is 17.8 Å². The summed E-state index contributed by atoms with van der Waals surface area (Å²) in [7, 11) is 1.77. The lowest BCUT2D eigenvalue weighted by atomic mass is 10.4. The first-order chi connectivity index (χ1) is 6.29. The molecule has 3 heterocycles. The first-order valence-electron chi connectivity index (χ1n) is 4.03. The number of pyridine rings is 1. The third kappa shape index (κ3) is 0.615. The molecule has 0 amide bonds. The van der Waals surface area contributed by atoms with Gasteiger partial charge in [0.1, 0.15) is 16.8 Å². The molecular weight excluding hydrogens is 166 g/mol. The minimum atomic E-state index is 0.00806. The summed E-state index contributed by atoms with van der Waals surface area (Å²) in [6.07, 6.45) is 1.62. The molecule has 13 heavy (non-hydrogen) atoms. The van der Waals surface area contributed by atoms with Crippen LogP contribution in [-0.4, -0.2) is 14.0 Å². The first-order valence-corrected chi connectivity index (χ1v) is 4.03. The van der Waals surface area contributed by atoms with E-state index in [2.05, 4.69) is 4.98 Å². The highest BCUT2D eigenvalue weighted by Crippen LogP contribution is 2.11. The molecule has 3 rings (SSSR count). The van der Waals surface area contributed by atoms with Crippen molar-refractivity contribution in [1.29, 1.82) is 0 Å². The lowest BCUT2D eigenvalue weighted by molar-refractivity contribution is 0.917. The molecular formula is C9H7N3O. The second-order valence-electron chi connectivity index (χ2n) is 3.09. The first kappa shape index (κ1) is 6.65. The molecule has 0 unspecified atom stereocenters. The summed E-state index contributed by atoms with van der Waals surface area (Å²) in [4.78, 5) is 15.7. The predicted molar refractivity (Wildman–Crippen MR) is 49.1 cm³/mol. The van der Waals surface area contributed by atoms with Gasteiger partial charge < -0.3 is 0 Å². The van der Waals surface area contributed by atoms with Crippen LogP contribution in [0.25, 0.3) is 16.8 Å². The molecule has 0 saturated heterocycles. The Labute approximate surface area is 73.4 Å². The summed E-state index contributed by atoms with van der Waals surface area (Å²) >= 11 is 0. The molecule has 0 N–H and O–H groups in total.